The third-order valence-electron chi connectivity index (χ3n) is 3.44. The molecule has 9 nitrogen and oxygen atoms in total. The van der Waals surface area contributed by atoms with Crippen molar-refractivity contribution in [3.05, 3.63) is 53.1 Å². The number of halogens is 3. The number of hydrogen-bond acceptors (Lipinski definition) is 6. The topological polar surface area (TPSA) is 104 Å². The first-order chi connectivity index (χ1) is 13.4. The van der Waals surface area contributed by atoms with Gasteiger partial charge in [0.15, 0.2) is 17.3 Å². The van der Waals surface area contributed by atoms with Crippen molar-refractivity contribution in [2.24, 2.45) is 0 Å². The van der Waals surface area contributed by atoms with Crippen LogP contribution >= 0.6 is 0 Å². The largest absolute Gasteiger partial charge is 0.514 e. The number of aromatic nitrogens is 5. The highest BCUT2D eigenvalue weighted by molar-refractivity contribution is 5.64. The van der Waals surface area contributed by atoms with Gasteiger partial charge < -0.3 is 9.47 Å². The Kier molecular flexibility index (Phi) is 4.95. The van der Waals surface area contributed by atoms with Crippen molar-refractivity contribution < 1.29 is 27.4 Å². The zero-order chi connectivity index (χ0) is 21.4. The molecule has 0 bridgehead atoms. The number of pyridine rings is 1. The highest BCUT2D eigenvalue weighted by Crippen LogP contribution is 2.27. The van der Waals surface area contributed by atoms with E-state index in [1.165, 1.54) is 24.5 Å². The van der Waals surface area contributed by atoms with E-state index in [2.05, 4.69) is 15.1 Å². The maximum Gasteiger partial charge on any atom is 0.514 e. The number of carbonyl (C=O) groups excluding carboxylic acids is 1. The fraction of sp³-hybridized carbons (Fsp3) is 0.294. The molecule has 0 saturated carbocycles. The van der Waals surface area contributed by atoms with Crippen molar-refractivity contribution in [3.63, 3.8) is 0 Å². The minimum Gasteiger partial charge on any atom is -0.428 e. The summed E-state index contributed by atoms with van der Waals surface area (Å²) >= 11 is 0. The zero-order valence-electron chi connectivity index (χ0n) is 15.5. The summed E-state index contributed by atoms with van der Waals surface area (Å²) in [6, 6.07) is 2.77. The van der Waals surface area contributed by atoms with Crippen LogP contribution in [0.1, 0.15) is 26.5 Å². The number of alkyl halides is 3. The lowest BCUT2D eigenvalue weighted by Gasteiger charge is -2.18. The predicted octanol–water partition coefficient (Wildman–Crippen LogP) is 3.08. The molecule has 0 spiro atoms. The van der Waals surface area contributed by atoms with E-state index in [9.17, 15) is 22.8 Å². The predicted molar refractivity (Wildman–Crippen MR) is 93.2 cm³/mol. The van der Waals surface area contributed by atoms with Crippen LogP contribution in [-0.2, 0) is 10.9 Å². The number of nitrogens with one attached hydrogen (secondary N) is 1. The van der Waals surface area contributed by atoms with Crippen LogP contribution in [0.5, 0.6) is 5.75 Å². The van der Waals surface area contributed by atoms with Crippen molar-refractivity contribution in [2.45, 2.75) is 32.5 Å². The zero-order valence-corrected chi connectivity index (χ0v) is 15.5. The van der Waals surface area contributed by atoms with Crippen LogP contribution in [0, 0.1) is 0 Å². The molecule has 0 saturated heterocycles. The maximum atomic E-state index is 12.7. The fourth-order valence-corrected chi connectivity index (χ4v) is 2.25. The Labute approximate surface area is 161 Å². The van der Waals surface area contributed by atoms with Gasteiger partial charge >= 0.3 is 12.3 Å². The molecule has 0 amide bonds. The summed E-state index contributed by atoms with van der Waals surface area (Å²) in [5.41, 5.74) is -2.57. The molecule has 154 valence electrons. The Morgan fingerprint density at radius 2 is 1.90 bits per heavy atom. The lowest BCUT2D eigenvalue weighted by molar-refractivity contribution is -0.140. The molecule has 0 aliphatic rings. The van der Waals surface area contributed by atoms with Gasteiger partial charge in [0.1, 0.15) is 17.6 Å². The maximum absolute atomic E-state index is 12.7. The molecule has 3 heterocycles. The first-order valence-electron chi connectivity index (χ1n) is 8.23. The highest BCUT2D eigenvalue weighted by Gasteiger charge is 2.33. The molecule has 12 heteroatoms. The Balaban J connectivity index is 1.79. The second-order valence-electron chi connectivity index (χ2n) is 6.88. The molecule has 0 radical (unpaired) electrons. The van der Waals surface area contributed by atoms with Gasteiger partial charge in [-0.05, 0) is 32.9 Å². The number of hydrogen-bond donors (Lipinski definition) is 1. The normalized spacial score (nSPS) is 12.1. The van der Waals surface area contributed by atoms with Gasteiger partial charge in [-0.2, -0.15) is 17.9 Å². The minimum absolute atomic E-state index is 0.0797. The summed E-state index contributed by atoms with van der Waals surface area (Å²) in [6.45, 7) is 5.05. The summed E-state index contributed by atoms with van der Waals surface area (Å²) in [6.07, 6.45) is -1.51. The summed E-state index contributed by atoms with van der Waals surface area (Å²) in [5, 5.41) is 2.61. The quantitative estimate of drug-likeness (QED) is 0.665. The number of aromatic amines is 1. The number of carbonyl (C=O) groups is 1. The van der Waals surface area contributed by atoms with E-state index in [-0.39, 0.29) is 17.3 Å². The number of H-pyrrole nitrogens is 1. The summed E-state index contributed by atoms with van der Waals surface area (Å²) < 4.78 is 50.0. The molecule has 3 rings (SSSR count). The molecule has 0 unspecified atom stereocenters. The monoisotopic (exact) mass is 411 g/mol. The van der Waals surface area contributed by atoms with E-state index in [1.807, 2.05) is 0 Å². The van der Waals surface area contributed by atoms with Crippen molar-refractivity contribution in [3.8, 4) is 17.3 Å². The standard InChI is InChI=1S/C17H16F3N5O4/c1-16(2,3)29-15(27)28-10-4-5-13(21-6-10)25-14(26)11(7-23-25)24-8-12(22-9-24)17(18,19)20/h4-9,23H,1-3H3. The fourth-order valence-electron chi connectivity index (χ4n) is 2.25. The van der Waals surface area contributed by atoms with Crippen LogP contribution in [0.3, 0.4) is 0 Å². The minimum atomic E-state index is -4.62. The van der Waals surface area contributed by atoms with Crippen LogP contribution in [0.2, 0.25) is 0 Å². The Morgan fingerprint density at radius 1 is 1.17 bits per heavy atom. The van der Waals surface area contributed by atoms with Crippen LogP contribution in [0.4, 0.5) is 18.0 Å². The number of imidazole rings is 1. The lowest BCUT2D eigenvalue weighted by atomic mass is 10.2. The third kappa shape index (κ3) is 4.65. The molecule has 3 aromatic heterocycles. The van der Waals surface area contributed by atoms with E-state index in [4.69, 9.17) is 9.47 Å². The average molecular weight is 411 g/mol. The van der Waals surface area contributed by atoms with Gasteiger partial charge in [0.2, 0.25) is 0 Å². The van der Waals surface area contributed by atoms with Crippen LogP contribution < -0.4 is 10.3 Å². The Hall–Kier alpha value is -3.57. The van der Waals surface area contributed by atoms with Crippen LogP contribution in [-0.4, -0.2) is 36.1 Å². The molecule has 0 atom stereocenters. The third-order valence-corrected chi connectivity index (χ3v) is 3.44. The van der Waals surface area contributed by atoms with Crippen LogP contribution in [0.25, 0.3) is 11.5 Å². The first kappa shape index (κ1) is 20.2. The summed E-state index contributed by atoms with van der Waals surface area (Å²) in [4.78, 5) is 31.4. The van der Waals surface area contributed by atoms with Gasteiger partial charge in [-0.1, -0.05) is 0 Å². The smallest absolute Gasteiger partial charge is 0.428 e. The summed E-state index contributed by atoms with van der Waals surface area (Å²) in [5.74, 6) is 0.223. The molecule has 0 aliphatic carbocycles. The van der Waals surface area contributed by atoms with E-state index in [0.717, 1.165) is 15.6 Å². The van der Waals surface area contributed by atoms with Crippen molar-refractivity contribution in [2.75, 3.05) is 0 Å². The molecular weight excluding hydrogens is 395 g/mol. The van der Waals surface area contributed by atoms with Gasteiger partial charge in [-0.15, -0.1) is 0 Å². The van der Waals surface area contributed by atoms with Gasteiger partial charge in [-0.3, -0.25) is 14.5 Å². The van der Waals surface area contributed by atoms with E-state index in [0.29, 0.717) is 6.20 Å². The number of nitrogens with zero attached hydrogens (tertiary/aromatic N) is 4. The van der Waals surface area contributed by atoms with Crippen molar-refractivity contribution in [1.82, 2.24) is 24.3 Å². The molecule has 0 aromatic carbocycles. The highest BCUT2D eigenvalue weighted by atomic mass is 19.4. The van der Waals surface area contributed by atoms with E-state index >= 15 is 0 Å². The first-order valence-corrected chi connectivity index (χ1v) is 8.23. The van der Waals surface area contributed by atoms with Crippen LogP contribution in [0.15, 0.2) is 41.8 Å². The number of ether oxygens (including phenoxy) is 2. The molecule has 1 N–H and O–H groups in total. The van der Waals surface area contributed by atoms with Crippen molar-refractivity contribution in [1.29, 1.82) is 0 Å². The van der Waals surface area contributed by atoms with Gasteiger partial charge in [-0.25, -0.2) is 14.8 Å². The Bertz CT molecular complexity index is 1070. The van der Waals surface area contributed by atoms with E-state index < -0.39 is 29.2 Å². The second-order valence-corrected chi connectivity index (χ2v) is 6.88. The average Bonchev–Trinajstić information content (AvgIpc) is 3.20. The Morgan fingerprint density at radius 3 is 2.45 bits per heavy atom. The van der Waals surface area contributed by atoms with Gasteiger partial charge in [0.25, 0.3) is 5.56 Å². The molecule has 0 fully saturated rings. The van der Waals surface area contributed by atoms with Gasteiger partial charge in [0, 0.05) is 12.4 Å². The molecule has 0 aliphatic heterocycles. The molecule has 3 aromatic rings. The van der Waals surface area contributed by atoms with Gasteiger partial charge in [0.05, 0.1) is 6.20 Å². The SMILES string of the molecule is CC(C)(C)OC(=O)Oc1ccc(-n2[nH]cc(-n3cnc(C(F)(F)F)c3)c2=O)nc1. The lowest BCUT2D eigenvalue weighted by Crippen LogP contribution is -2.26. The molecule has 29 heavy (non-hydrogen) atoms. The van der Waals surface area contributed by atoms with E-state index in [1.54, 1.807) is 20.8 Å². The van der Waals surface area contributed by atoms with Crippen molar-refractivity contribution >= 4 is 6.16 Å². The molecular formula is C17H16F3N5O4. The second kappa shape index (κ2) is 7.11. The number of rotatable bonds is 3. The summed E-state index contributed by atoms with van der Waals surface area (Å²) in [7, 11) is 0.